The van der Waals surface area contributed by atoms with Crippen molar-refractivity contribution < 1.29 is 52.7 Å². The molecule has 0 aliphatic heterocycles. The summed E-state index contributed by atoms with van der Waals surface area (Å²) in [5.74, 6) is 0. The largest absolute Gasteiger partial charge is 0.409 e. The van der Waals surface area contributed by atoms with E-state index in [4.69, 9.17) is 0 Å². The number of rotatable bonds is 3. The molecule has 0 nitrogen and oxygen atoms in total. The molecule has 0 rings (SSSR count). The normalized spacial score (nSPS) is 13.0. The Morgan fingerprint density at radius 2 is 1.04 bits per heavy atom. The van der Waals surface area contributed by atoms with Crippen molar-refractivity contribution in [2.75, 3.05) is 0 Å². The Morgan fingerprint density at radius 1 is 0.640 bits per heavy atom. The van der Waals surface area contributed by atoms with Gasteiger partial charge in [-0.3, -0.25) is 0 Å². The highest BCUT2D eigenvalue weighted by atomic mass is 19.4. The maximum absolute atomic E-state index is 11.2. The summed E-state index contributed by atoms with van der Waals surface area (Å²) >= 11 is 0. The van der Waals surface area contributed by atoms with Crippen molar-refractivity contribution in [2.24, 2.45) is 0 Å². The highest BCUT2D eigenvalue weighted by molar-refractivity contribution is 4.87. The highest BCUT2D eigenvalue weighted by Crippen LogP contribution is 2.31. The number of hydrogen-bond donors (Lipinski definition) is 0. The van der Waals surface area contributed by atoms with Crippen LogP contribution >= 0.6 is 0 Å². The zero-order valence-electron chi connectivity index (χ0n) is 13.2. The lowest BCUT2D eigenvalue weighted by molar-refractivity contribution is -0.232. The molecular formula is C13H18F12. The van der Waals surface area contributed by atoms with Crippen LogP contribution in [0.2, 0.25) is 0 Å². The standard InChI is InChI=1S/C5H9F3.C5H7F3.C3H2F6/c2*1-2-3-4-5(6,7)8;4-2(5,6)1-3(7,8)9/h2-4H2,1H3;3-4H,2H2,1H3;1H2. The first-order valence-corrected chi connectivity index (χ1v) is 6.77. The predicted octanol–water partition coefficient (Wildman–Crippen LogP) is 7.75. The first-order chi connectivity index (χ1) is 10.8. The molecule has 0 N–H and O–H groups in total. The third kappa shape index (κ3) is 45.1. The topological polar surface area (TPSA) is 0 Å². The number of allylic oxidation sites excluding steroid dienone is 2. The monoisotopic (exact) mass is 402 g/mol. The van der Waals surface area contributed by atoms with Gasteiger partial charge in [0.05, 0.1) is 0 Å². The van der Waals surface area contributed by atoms with Gasteiger partial charge in [-0.15, -0.1) is 0 Å². The van der Waals surface area contributed by atoms with Gasteiger partial charge in [-0.1, -0.05) is 26.3 Å². The lowest BCUT2D eigenvalue weighted by Crippen LogP contribution is -2.20. The molecule has 0 aromatic carbocycles. The molecule has 0 saturated heterocycles. The summed E-state index contributed by atoms with van der Waals surface area (Å²) in [7, 11) is 0. The number of unbranched alkanes of at least 4 members (excludes halogenated alkanes) is 1. The van der Waals surface area contributed by atoms with Crippen LogP contribution in [0.5, 0.6) is 0 Å². The lowest BCUT2D eigenvalue weighted by Gasteiger charge is -2.08. The first kappa shape index (κ1) is 28.7. The van der Waals surface area contributed by atoms with Crippen molar-refractivity contribution in [1.29, 1.82) is 0 Å². The van der Waals surface area contributed by atoms with Crippen LogP contribution in [0.3, 0.4) is 0 Å². The van der Waals surface area contributed by atoms with Crippen LogP contribution in [0.4, 0.5) is 52.7 Å². The van der Waals surface area contributed by atoms with Gasteiger partial charge in [0.1, 0.15) is 6.42 Å². The fourth-order valence-corrected chi connectivity index (χ4v) is 0.856. The summed E-state index contributed by atoms with van der Waals surface area (Å²) < 4.78 is 132. The molecule has 0 aromatic heterocycles. The van der Waals surface area contributed by atoms with Crippen molar-refractivity contribution in [2.45, 2.75) is 70.7 Å². The van der Waals surface area contributed by atoms with Gasteiger partial charge in [-0.2, -0.15) is 52.7 Å². The molecule has 12 heteroatoms. The minimum absolute atomic E-state index is 0.243. The minimum Gasteiger partial charge on any atom is -0.171 e. The lowest BCUT2D eigenvalue weighted by atomic mass is 10.2. The van der Waals surface area contributed by atoms with E-state index in [9.17, 15) is 52.7 Å². The molecule has 0 fully saturated rings. The second kappa shape index (κ2) is 12.3. The Morgan fingerprint density at radius 3 is 1.12 bits per heavy atom. The predicted molar refractivity (Wildman–Crippen MR) is 67.8 cm³/mol. The van der Waals surface area contributed by atoms with Gasteiger partial charge in [-0.05, 0) is 12.8 Å². The summed E-state index contributed by atoms with van der Waals surface area (Å²) in [5.41, 5.74) is 0. The molecule has 0 atom stereocenters. The Kier molecular flexibility index (Phi) is 14.1. The van der Waals surface area contributed by atoms with Gasteiger partial charge < -0.3 is 0 Å². The molecule has 0 saturated carbocycles. The Labute approximate surface area is 136 Å². The Hall–Kier alpha value is -1.10. The molecule has 0 heterocycles. The van der Waals surface area contributed by atoms with Crippen LogP contribution < -0.4 is 0 Å². The van der Waals surface area contributed by atoms with E-state index >= 15 is 0 Å². The SMILES string of the molecule is CCC=CC(F)(F)F.CCCCC(F)(F)F.FC(F)(F)CC(F)(F)F. The van der Waals surface area contributed by atoms with E-state index in [1.807, 2.05) is 0 Å². The maximum atomic E-state index is 11.2. The van der Waals surface area contributed by atoms with Gasteiger partial charge in [0, 0.05) is 12.5 Å². The van der Waals surface area contributed by atoms with E-state index in [2.05, 4.69) is 0 Å². The van der Waals surface area contributed by atoms with Crippen molar-refractivity contribution >= 4 is 0 Å². The van der Waals surface area contributed by atoms with Gasteiger partial charge in [0.25, 0.3) is 0 Å². The van der Waals surface area contributed by atoms with Crippen LogP contribution in [-0.2, 0) is 0 Å². The molecule has 25 heavy (non-hydrogen) atoms. The van der Waals surface area contributed by atoms with E-state index in [1.54, 1.807) is 13.8 Å². The average Bonchev–Trinajstić information content (AvgIpc) is 2.29. The molecule has 0 unspecified atom stereocenters. The quantitative estimate of drug-likeness (QED) is 0.334. The van der Waals surface area contributed by atoms with E-state index in [0.29, 0.717) is 12.8 Å². The minimum atomic E-state index is -5.14. The van der Waals surface area contributed by atoms with E-state index in [0.717, 1.165) is 6.08 Å². The van der Waals surface area contributed by atoms with Gasteiger partial charge in [0.15, 0.2) is 0 Å². The van der Waals surface area contributed by atoms with Crippen molar-refractivity contribution in [3.05, 3.63) is 12.2 Å². The van der Waals surface area contributed by atoms with E-state index in [1.165, 1.54) is 0 Å². The summed E-state index contributed by atoms with van der Waals surface area (Å²) in [6.07, 6.45) is -19.1. The third-order valence-electron chi connectivity index (χ3n) is 1.76. The van der Waals surface area contributed by atoms with Crippen molar-refractivity contribution in [1.82, 2.24) is 0 Å². The Balaban J connectivity index is -0.000000291. The molecular weight excluding hydrogens is 384 g/mol. The number of hydrogen-bond acceptors (Lipinski definition) is 0. The molecule has 0 aromatic rings. The molecule has 154 valence electrons. The molecule has 0 radical (unpaired) electrons. The van der Waals surface area contributed by atoms with Gasteiger partial charge in [0.2, 0.25) is 0 Å². The summed E-state index contributed by atoms with van der Waals surface area (Å²) in [4.78, 5) is 0. The van der Waals surface area contributed by atoms with Crippen LogP contribution in [0.25, 0.3) is 0 Å². The smallest absolute Gasteiger partial charge is 0.171 e. The van der Waals surface area contributed by atoms with Crippen LogP contribution in [0.1, 0.15) is 46.0 Å². The highest BCUT2D eigenvalue weighted by Gasteiger charge is 2.43. The van der Waals surface area contributed by atoms with Crippen molar-refractivity contribution in [3.63, 3.8) is 0 Å². The van der Waals surface area contributed by atoms with Crippen molar-refractivity contribution in [3.8, 4) is 0 Å². The average molecular weight is 402 g/mol. The number of halogens is 12. The summed E-state index contributed by atoms with van der Waals surface area (Å²) in [5, 5.41) is 0. The second-order valence-electron chi connectivity index (χ2n) is 4.48. The Bertz CT molecular complexity index is 317. The molecule has 0 aliphatic rings. The zero-order valence-corrected chi connectivity index (χ0v) is 13.2. The van der Waals surface area contributed by atoms with Gasteiger partial charge >= 0.3 is 24.7 Å². The van der Waals surface area contributed by atoms with Crippen LogP contribution in [0, 0.1) is 0 Å². The van der Waals surface area contributed by atoms with Crippen LogP contribution in [0.15, 0.2) is 12.2 Å². The maximum Gasteiger partial charge on any atom is 0.409 e. The molecule has 0 amide bonds. The van der Waals surface area contributed by atoms with Crippen LogP contribution in [-0.4, -0.2) is 24.7 Å². The molecule has 0 spiro atoms. The fraction of sp³-hybridized carbons (Fsp3) is 0.846. The summed E-state index contributed by atoms with van der Waals surface area (Å²) in [6.45, 7) is 3.40. The molecule has 0 aliphatic carbocycles. The van der Waals surface area contributed by atoms with Gasteiger partial charge in [-0.25, -0.2) is 0 Å². The summed E-state index contributed by atoms with van der Waals surface area (Å²) in [6, 6.07) is 0. The zero-order chi connectivity index (χ0) is 20.9. The number of alkyl halides is 12. The molecule has 0 bridgehead atoms. The van der Waals surface area contributed by atoms with E-state index in [-0.39, 0.29) is 12.5 Å². The fourth-order valence-electron chi connectivity index (χ4n) is 0.856. The second-order valence-corrected chi connectivity index (χ2v) is 4.48. The first-order valence-electron chi connectivity index (χ1n) is 6.77. The van der Waals surface area contributed by atoms with E-state index < -0.39 is 37.5 Å². The third-order valence-corrected chi connectivity index (χ3v) is 1.76.